The molecule has 2 aliphatic rings. The summed E-state index contributed by atoms with van der Waals surface area (Å²) in [5, 5.41) is 9.88. The van der Waals surface area contributed by atoms with E-state index in [0.29, 0.717) is 11.6 Å². The van der Waals surface area contributed by atoms with E-state index in [9.17, 15) is 5.11 Å². The van der Waals surface area contributed by atoms with Gasteiger partial charge in [-0.1, -0.05) is 6.92 Å². The van der Waals surface area contributed by atoms with Gasteiger partial charge in [0, 0.05) is 58.3 Å². The molecule has 2 aliphatic heterocycles. The second kappa shape index (κ2) is 7.23. The van der Waals surface area contributed by atoms with Gasteiger partial charge in [0.25, 0.3) is 0 Å². The quantitative estimate of drug-likeness (QED) is 0.791. The van der Waals surface area contributed by atoms with Gasteiger partial charge in [-0.15, -0.1) is 0 Å². The molecule has 0 aromatic carbocycles. The Labute approximate surface area is 147 Å². The lowest BCUT2D eigenvalue weighted by atomic mass is 9.96. The first kappa shape index (κ1) is 16.7. The molecule has 4 heterocycles. The predicted molar refractivity (Wildman–Crippen MR) is 96.5 cm³/mol. The fraction of sp³-hybridized carbons (Fsp3) is 0.706. The van der Waals surface area contributed by atoms with Crippen LogP contribution in [0, 0.1) is 11.8 Å². The average Bonchev–Trinajstić information content (AvgIpc) is 3.28. The number of anilines is 1. The number of aromatic nitrogens is 4. The van der Waals surface area contributed by atoms with Gasteiger partial charge in [-0.25, -0.2) is 15.0 Å². The Kier molecular flexibility index (Phi) is 4.82. The first-order valence-corrected chi connectivity index (χ1v) is 9.23. The Morgan fingerprint density at radius 3 is 2.60 bits per heavy atom. The maximum Gasteiger partial charge on any atom is 0.182 e. The molecule has 0 aliphatic carbocycles. The average molecular weight is 345 g/mol. The summed E-state index contributed by atoms with van der Waals surface area (Å²) in [7, 11) is 0. The molecule has 0 spiro atoms. The Morgan fingerprint density at radius 2 is 1.84 bits per heavy atom. The summed E-state index contributed by atoms with van der Waals surface area (Å²) >= 11 is 0. The molecule has 2 fully saturated rings. The number of nitrogens with zero attached hydrogens (tertiary/aromatic N) is 6. The van der Waals surface area contributed by atoms with Crippen LogP contribution in [0.15, 0.2) is 12.7 Å². The highest BCUT2D eigenvalue weighted by Crippen LogP contribution is 2.30. The first-order valence-electron chi connectivity index (χ1n) is 9.23. The van der Waals surface area contributed by atoms with Crippen molar-refractivity contribution in [1.82, 2.24) is 29.7 Å². The van der Waals surface area contributed by atoms with Crippen molar-refractivity contribution >= 4 is 17.0 Å². The third-order valence-electron chi connectivity index (χ3n) is 5.72. The number of imidazole rings is 1. The smallest absolute Gasteiger partial charge is 0.182 e. The van der Waals surface area contributed by atoms with Crippen molar-refractivity contribution in [2.75, 3.05) is 63.9 Å². The first-order chi connectivity index (χ1) is 12.3. The number of aliphatic hydroxyl groups is 1. The molecule has 2 N–H and O–H groups in total. The second-order valence-electron chi connectivity index (χ2n) is 7.14. The SMILES string of the molecule is CCN1CCN(C[C@@H]2CN(c3ncnc4nc[nH]c34)C[C@@H]2CO)CC1. The lowest BCUT2D eigenvalue weighted by Gasteiger charge is -2.36. The summed E-state index contributed by atoms with van der Waals surface area (Å²) < 4.78 is 0. The summed E-state index contributed by atoms with van der Waals surface area (Å²) in [5.74, 6) is 1.66. The zero-order valence-corrected chi connectivity index (χ0v) is 14.8. The van der Waals surface area contributed by atoms with Crippen molar-refractivity contribution in [2.24, 2.45) is 11.8 Å². The normalized spacial score (nSPS) is 25.9. The Bertz CT molecular complexity index is 697. The van der Waals surface area contributed by atoms with Crippen LogP contribution in [-0.2, 0) is 0 Å². The number of likely N-dealkylation sites (N-methyl/N-ethyl adjacent to an activating group) is 1. The Morgan fingerprint density at radius 1 is 1.08 bits per heavy atom. The Balaban J connectivity index is 1.45. The number of hydrogen-bond acceptors (Lipinski definition) is 7. The minimum atomic E-state index is 0.229. The summed E-state index contributed by atoms with van der Waals surface area (Å²) in [4.78, 5) is 23.4. The van der Waals surface area contributed by atoms with Crippen LogP contribution >= 0.6 is 0 Å². The van der Waals surface area contributed by atoms with Crippen LogP contribution in [0.1, 0.15) is 6.92 Å². The molecule has 4 rings (SSSR count). The molecule has 0 amide bonds. The van der Waals surface area contributed by atoms with Gasteiger partial charge in [0.1, 0.15) is 11.8 Å². The third-order valence-corrected chi connectivity index (χ3v) is 5.72. The van der Waals surface area contributed by atoms with Gasteiger partial charge in [-0.2, -0.15) is 0 Å². The van der Waals surface area contributed by atoms with Gasteiger partial charge in [-0.3, -0.25) is 0 Å². The molecule has 8 nitrogen and oxygen atoms in total. The monoisotopic (exact) mass is 345 g/mol. The maximum absolute atomic E-state index is 9.88. The van der Waals surface area contributed by atoms with Crippen molar-refractivity contribution in [3.05, 3.63) is 12.7 Å². The number of piperazine rings is 1. The number of aliphatic hydroxyl groups excluding tert-OH is 1. The van der Waals surface area contributed by atoms with E-state index in [2.05, 4.69) is 41.6 Å². The molecule has 8 heteroatoms. The molecule has 2 aromatic rings. The Hall–Kier alpha value is -1.77. The molecular formula is C17H27N7O. The van der Waals surface area contributed by atoms with Crippen LogP contribution in [0.5, 0.6) is 0 Å². The summed E-state index contributed by atoms with van der Waals surface area (Å²) in [6.07, 6.45) is 3.23. The molecule has 0 saturated carbocycles. The maximum atomic E-state index is 9.88. The van der Waals surface area contributed by atoms with Crippen LogP contribution in [0.25, 0.3) is 11.2 Å². The van der Waals surface area contributed by atoms with Gasteiger partial charge < -0.3 is 24.8 Å². The minimum absolute atomic E-state index is 0.229. The topological polar surface area (TPSA) is 84.4 Å². The van der Waals surface area contributed by atoms with E-state index in [4.69, 9.17) is 0 Å². The lowest BCUT2D eigenvalue weighted by Crippen LogP contribution is -2.48. The van der Waals surface area contributed by atoms with Crippen molar-refractivity contribution in [3.8, 4) is 0 Å². The van der Waals surface area contributed by atoms with Crippen LogP contribution in [0.2, 0.25) is 0 Å². The summed E-state index contributed by atoms with van der Waals surface area (Å²) in [5.41, 5.74) is 1.58. The summed E-state index contributed by atoms with van der Waals surface area (Å²) in [6, 6.07) is 0. The van der Waals surface area contributed by atoms with Crippen molar-refractivity contribution in [1.29, 1.82) is 0 Å². The highest BCUT2D eigenvalue weighted by atomic mass is 16.3. The number of rotatable bonds is 5. The van der Waals surface area contributed by atoms with E-state index in [1.807, 2.05) is 0 Å². The third kappa shape index (κ3) is 3.33. The number of H-pyrrole nitrogens is 1. The second-order valence-corrected chi connectivity index (χ2v) is 7.14. The van der Waals surface area contributed by atoms with Gasteiger partial charge in [0.15, 0.2) is 11.5 Å². The highest BCUT2D eigenvalue weighted by molar-refractivity contribution is 5.82. The lowest BCUT2D eigenvalue weighted by molar-refractivity contribution is 0.106. The van der Waals surface area contributed by atoms with Gasteiger partial charge in [0.2, 0.25) is 0 Å². The molecule has 0 bridgehead atoms. The zero-order chi connectivity index (χ0) is 17.2. The molecule has 0 radical (unpaired) electrons. The molecule has 25 heavy (non-hydrogen) atoms. The largest absolute Gasteiger partial charge is 0.396 e. The van der Waals surface area contributed by atoms with Crippen LogP contribution in [-0.4, -0.2) is 93.8 Å². The minimum Gasteiger partial charge on any atom is -0.396 e. The van der Waals surface area contributed by atoms with Crippen LogP contribution < -0.4 is 4.90 Å². The van der Waals surface area contributed by atoms with Crippen molar-refractivity contribution in [3.63, 3.8) is 0 Å². The van der Waals surface area contributed by atoms with E-state index in [1.165, 1.54) is 0 Å². The molecule has 2 aromatic heterocycles. The van der Waals surface area contributed by atoms with E-state index >= 15 is 0 Å². The predicted octanol–water partition coefficient (Wildman–Crippen LogP) is 0.0351. The van der Waals surface area contributed by atoms with Crippen molar-refractivity contribution < 1.29 is 5.11 Å². The molecule has 0 unspecified atom stereocenters. The van der Waals surface area contributed by atoms with Gasteiger partial charge >= 0.3 is 0 Å². The van der Waals surface area contributed by atoms with E-state index in [-0.39, 0.29) is 12.5 Å². The van der Waals surface area contributed by atoms with E-state index < -0.39 is 0 Å². The van der Waals surface area contributed by atoms with E-state index in [1.54, 1.807) is 12.7 Å². The summed E-state index contributed by atoms with van der Waals surface area (Å²) in [6.45, 7) is 11.0. The fourth-order valence-electron chi connectivity index (χ4n) is 4.14. The van der Waals surface area contributed by atoms with Crippen LogP contribution in [0.3, 0.4) is 0 Å². The molecule has 2 atom stereocenters. The van der Waals surface area contributed by atoms with Gasteiger partial charge in [0.05, 0.1) is 6.33 Å². The molecular weight excluding hydrogens is 318 g/mol. The highest BCUT2D eigenvalue weighted by Gasteiger charge is 2.35. The van der Waals surface area contributed by atoms with Crippen molar-refractivity contribution in [2.45, 2.75) is 6.92 Å². The zero-order valence-electron chi connectivity index (χ0n) is 14.8. The number of nitrogens with one attached hydrogen (secondary N) is 1. The van der Waals surface area contributed by atoms with Crippen LogP contribution in [0.4, 0.5) is 5.82 Å². The number of aromatic amines is 1. The van der Waals surface area contributed by atoms with Gasteiger partial charge in [-0.05, 0) is 12.5 Å². The van der Waals surface area contributed by atoms with E-state index in [0.717, 1.165) is 63.7 Å². The number of fused-ring (bicyclic) bond motifs is 1. The number of hydrogen-bond donors (Lipinski definition) is 2. The fourth-order valence-corrected chi connectivity index (χ4v) is 4.14. The standard InChI is InChI=1S/C17H27N7O/c1-2-22-3-5-23(6-4-22)7-13-8-24(9-14(13)10-25)17-15-16(19-11-18-15)20-12-21-17/h11-14,25H,2-10H2,1H3,(H,18,19,20,21)/t13-,14-/m1/s1. The molecule has 2 saturated heterocycles. The molecule has 136 valence electrons.